The molecule has 1 aromatic rings. The summed E-state index contributed by atoms with van der Waals surface area (Å²) in [5.41, 5.74) is 0.519. The lowest BCUT2D eigenvalue weighted by molar-refractivity contribution is 0.0528. The number of carbonyl (C=O) groups excluding carboxylic acids is 1. The Morgan fingerprint density at radius 2 is 1.91 bits per heavy atom. The summed E-state index contributed by atoms with van der Waals surface area (Å²) in [6.45, 7) is 9.66. The first-order chi connectivity index (χ1) is 10.4. The quantitative estimate of drug-likeness (QED) is 0.717. The standard InChI is InChI=1S/C17H28N2O3/c1-5-13-21-15-10-7-6-9-14(15)18-11-8-12-19-16(20)22-17(2,3)4/h6-7,9-10,18H,5,8,11-13H2,1-4H3,(H,19,20). The second-order valence-electron chi connectivity index (χ2n) is 6.05. The largest absolute Gasteiger partial charge is 0.491 e. The molecule has 0 saturated heterocycles. The van der Waals surface area contributed by atoms with Gasteiger partial charge in [0.25, 0.3) is 0 Å². The second-order valence-corrected chi connectivity index (χ2v) is 6.05. The van der Waals surface area contributed by atoms with Crippen molar-refractivity contribution < 1.29 is 14.3 Å². The second kappa shape index (κ2) is 9.18. The Balaban J connectivity index is 2.26. The number of benzene rings is 1. The van der Waals surface area contributed by atoms with E-state index in [1.165, 1.54) is 0 Å². The van der Waals surface area contributed by atoms with E-state index in [1.54, 1.807) is 0 Å². The zero-order valence-electron chi connectivity index (χ0n) is 14.1. The van der Waals surface area contributed by atoms with Gasteiger partial charge in [-0.3, -0.25) is 0 Å². The summed E-state index contributed by atoms with van der Waals surface area (Å²) in [5, 5.41) is 6.07. The molecule has 1 amide bonds. The Labute approximate surface area is 133 Å². The third-order valence-electron chi connectivity index (χ3n) is 2.69. The van der Waals surface area contributed by atoms with Crippen molar-refractivity contribution >= 4 is 11.8 Å². The normalized spacial score (nSPS) is 10.9. The third-order valence-corrected chi connectivity index (χ3v) is 2.69. The van der Waals surface area contributed by atoms with Crippen LogP contribution in [0.2, 0.25) is 0 Å². The molecule has 0 aliphatic rings. The number of carbonyl (C=O) groups is 1. The summed E-state index contributed by atoms with van der Waals surface area (Å²) >= 11 is 0. The van der Waals surface area contributed by atoms with Crippen molar-refractivity contribution in [3.63, 3.8) is 0 Å². The molecule has 124 valence electrons. The topological polar surface area (TPSA) is 59.6 Å². The average Bonchev–Trinajstić information content (AvgIpc) is 2.44. The maximum absolute atomic E-state index is 11.5. The number of amides is 1. The molecule has 1 rings (SSSR count). The van der Waals surface area contributed by atoms with Crippen molar-refractivity contribution in [2.75, 3.05) is 25.0 Å². The molecular formula is C17H28N2O3. The lowest BCUT2D eigenvalue weighted by Gasteiger charge is -2.19. The van der Waals surface area contributed by atoms with E-state index in [9.17, 15) is 4.79 Å². The van der Waals surface area contributed by atoms with Crippen molar-refractivity contribution in [2.45, 2.75) is 46.1 Å². The van der Waals surface area contributed by atoms with E-state index in [-0.39, 0.29) is 6.09 Å². The van der Waals surface area contributed by atoms with Gasteiger partial charge in [0.1, 0.15) is 11.4 Å². The monoisotopic (exact) mass is 308 g/mol. The van der Waals surface area contributed by atoms with Gasteiger partial charge in [0.05, 0.1) is 12.3 Å². The zero-order chi connectivity index (χ0) is 16.4. The summed E-state index contributed by atoms with van der Waals surface area (Å²) < 4.78 is 10.9. The Bertz CT molecular complexity index is 455. The highest BCUT2D eigenvalue weighted by atomic mass is 16.6. The Hall–Kier alpha value is -1.91. The number of anilines is 1. The number of alkyl carbamates (subject to hydrolysis) is 1. The summed E-state index contributed by atoms with van der Waals surface area (Å²) in [5.74, 6) is 0.865. The predicted octanol–water partition coefficient (Wildman–Crippen LogP) is 3.80. The molecule has 0 fully saturated rings. The molecule has 0 spiro atoms. The van der Waals surface area contributed by atoms with Crippen molar-refractivity contribution in [1.82, 2.24) is 5.32 Å². The van der Waals surface area contributed by atoms with Crippen LogP contribution in [0.4, 0.5) is 10.5 Å². The van der Waals surface area contributed by atoms with Gasteiger partial charge in [0, 0.05) is 13.1 Å². The van der Waals surface area contributed by atoms with Crippen LogP contribution in [0.1, 0.15) is 40.5 Å². The number of hydrogen-bond acceptors (Lipinski definition) is 4. The number of ether oxygens (including phenoxy) is 2. The number of nitrogens with one attached hydrogen (secondary N) is 2. The fraction of sp³-hybridized carbons (Fsp3) is 0.588. The van der Waals surface area contributed by atoms with Crippen LogP contribution in [0.3, 0.4) is 0 Å². The lowest BCUT2D eigenvalue weighted by atomic mass is 10.2. The zero-order valence-corrected chi connectivity index (χ0v) is 14.1. The van der Waals surface area contributed by atoms with Crippen molar-refractivity contribution in [1.29, 1.82) is 0 Å². The number of hydrogen-bond donors (Lipinski definition) is 2. The highest BCUT2D eigenvalue weighted by Crippen LogP contribution is 2.23. The third kappa shape index (κ3) is 7.76. The number of rotatable bonds is 8. The lowest BCUT2D eigenvalue weighted by Crippen LogP contribution is -2.33. The van der Waals surface area contributed by atoms with Gasteiger partial charge in [-0.2, -0.15) is 0 Å². The molecule has 0 radical (unpaired) electrons. The summed E-state index contributed by atoms with van der Waals surface area (Å²) in [4.78, 5) is 11.5. The van der Waals surface area contributed by atoms with Crippen LogP contribution in [0, 0.1) is 0 Å². The molecular weight excluding hydrogens is 280 g/mol. The van der Waals surface area contributed by atoms with Crippen LogP contribution in [0.25, 0.3) is 0 Å². The fourth-order valence-electron chi connectivity index (χ4n) is 1.77. The van der Waals surface area contributed by atoms with Crippen LogP contribution in [0.5, 0.6) is 5.75 Å². The summed E-state index contributed by atoms with van der Waals surface area (Å²) in [6, 6.07) is 7.88. The molecule has 0 aliphatic heterocycles. The number of para-hydroxylation sites is 2. The molecule has 5 nitrogen and oxygen atoms in total. The molecule has 0 aliphatic carbocycles. The molecule has 0 bridgehead atoms. The predicted molar refractivity (Wildman–Crippen MR) is 89.6 cm³/mol. The highest BCUT2D eigenvalue weighted by molar-refractivity contribution is 5.67. The highest BCUT2D eigenvalue weighted by Gasteiger charge is 2.15. The molecule has 2 N–H and O–H groups in total. The van der Waals surface area contributed by atoms with Gasteiger partial charge in [-0.1, -0.05) is 19.1 Å². The molecule has 0 unspecified atom stereocenters. The summed E-state index contributed by atoms with van der Waals surface area (Å²) in [6.07, 6.45) is 1.41. The van der Waals surface area contributed by atoms with Gasteiger partial charge in [0.15, 0.2) is 0 Å². The first-order valence-corrected chi connectivity index (χ1v) is 7.85. The van der Waals surface area contributed by atoms with Gasteiger partial charge < -0.3 is 20.1 Å². The van der Waals surface area contributed by atoms with E-state index in [2.05, 4.69) is 17.6 Å². The fourth-order valence-corrected chi connectivity index (χ4v) is 1.77. The molecule has 5 heteroatoms. The SMILES string of the molecule is CCCOc1ccccc1NCCCNC(=O)OC(C)(C)C. The van der Waals surface area contributed by atoms with Gasteiger partial charge in [-0.05, 0) is 45.7 Å². The van der Waals surface area contributed by atoms with E-state index >= 15 is 0 Å². The van der Waals surface area contributed by atoms with E-state index in [4.69, 9.17) is 9.47 Å². The molecule has 0 saturated carbocycles. The average molecular weight is 308 g/mol. The Morgan fingerprint density at radius 1 is 1.18 bits per heavy atom. The van der Waals surface area contributed by atoms with Crippen LogP contribution in [-0.2, 0) is 4.74 Å². The van der Waals surface area contributed by atoms with Gasteiger partial charge >= 0.3 is 6.09 Å². The Kier molecular flexibility index (Phi) is 7.57. The van der Waals surface area contributed by atoms with E-state index < -0.39 is 5.60 Å². The van der Waals surface area contributed by atoms with Crippen molar-refractivity contribution in [2.24, 2.45) is 0 Å². The van der Waals surface area contributed by atoms with Gasteiger partial charge in [-0.15, -0.1) is 0 Å². The minimum atomic E-state index is -0.460. The maximum Gasteiger partial charge on any atom is 0.407 e. The van der Waals surface area contributed by atoms with E-state index in [1.807, 2.05) is 45.0 Å². The van der Waals surface area contributed by atoms with E-state index in [0.29, 0.717) is 13.2 Å². The Morgan fingerprint density at radius 3 is 2.59 bits per heavy atom. The smallest absolute Gasteiger partial charge is 0.407 e. The minimum Gasteiger partial charge on any atom is -0.491 e. The molecule has 0 atom stereocenters. The first kappa shape index (κ1) is 18.1. The van der Waals surface area contributed by atoms with E-state index in [0.717, 1.165) is 30.8 Å². The molecule has 22 heavy (non-hydrogen) atoms. The maximum atomic E-state index is 11.5. The minimum absolute atomic E-state index is 0.376. The van der Waals surface area contributed by atoms with Crippen LogP contribution < -0.4 is 15.4 Å². The molecule has 1 aromatic carbocycles. The molecule has 0 heterocycles. The van der Waals surface area contributed by atoms with Gasteiger partial charge in [0.2, 0.25) is 0 Å². The van der Waals surface area contributed by atoms with Crippen molar-refractivity contribution in [3.8, 4) is 5.75 Å². The van der Waals surface area contributed by atoms with Crippen LogP contribution >= 0.6 is 0 Å². The van der Waals surface area contributed by atoms with Crippen molar-refractivity contribution in [3.05, 3.63) is 24.3 Å². The van der Waals surface area contributed by atoms with Crippen LogP contribution in [0.15, 0.2) is 24.3 Å². The van der Waals surface area contributed by atoms with Crippen LogP contribution in [-0.4, -0.2) is 31.4 Å². The first-order valence-electron chi connectivity index (χ1n) is 7.85. The molecule has 0 aromatic heterocycles. The summed E-state index contributed by atoms with van der Waals surface area (Å²) in [7, 11) is 0. The van der Waals surface area contributed by atoms with Gasteiger partial charge in [-0.25, -0.2) is 4.79 Å².